The second kappa shape index (κ2) is 9.62. The number of hydrogen-bond donors (Lipinski definition) is 1. The first kappa shape index (κ1) is 21.8. The van der Waals surface area contributed by atoms with Crippen LogP contribution in [0.3, 0.4) is 0 Å². The molecule has 11 heteroatoms. The summed E-state index contributed by atoms with van der Waals surface area (Å²) in [6, 6.07) is 7.38. The Morgan fingerprint density at radius 2 is 1.83 bits per heavy atom. The van der Waals surface area contributed by atoms with Gasteiger partial charge < -0.3 is 24.1 Å². The summed E-state index contributed by atoms with van der Waals surface area (Å²) in [5.41, 5.74) is -0.0637. The number of rotatable bonds is 8. The van der Waals surface area contributed by atoms with Gasteiger partial charge in [0.15, 0.2) is 6.61 Å². The van der Waals surface area contributed by atoms with Crippen LogP contribution in [0.25, 0.3) is 0 Å². The number of amides is 2. The average Bonchev–Trinajstić information content (AvgIpc) is 3.17. The van der Waals surface area contributed by atoms with Crippen LogP contribution in [0.1, 0.15) is 16.1 Å². The highest BCUT2D eigenvalue weighted by atomic mass is 19.4. The third-order valence-corrected chi connectivity index (χ3v) is 3.50. The number of likely N-dealkylation sites (N-methyl/N-ethyl adjacent to an activating group) is 1. The van der Waals surface area contributed by atoms with Crippen molar-refractivity contribution in [3.05, 3.63) is 54.0 Å². The summed E-state index contributed by atoms with van der Waals surface area (Å²) in [6.07, 6.45) is -3.38. The van der Waals surface area contributed by atoms with E-state index >= 15 is 0 Å². The zero-order chi connectivity index (χ0) is 21.4. The first-order chi connectivity index (χ1) is 13.6. The Morgan fingerprint density at radius 3 is 2.41 bits per heavy atom. The predicted molar refractivity (Wildman–Crippen MR) is 91.6 cm³/mol. The molecule has 0 saturated carbocycles. The molecule has 0 aliphatic heterocycles. The maximum Gasteiger partial charge on any atom is 0.573 e. The van der Waals surface area contributed by atoms with Crippen molar-refractivity contribution < 1.29 is 41.4 Å². The van der Waals surface area contributed by atoms with E-state index in [-0.39, 0.29) is 18.7 Å². The Bertz CT molecular complexity index is 834. The fourth-order valence-electron chi connectivity index (χ4n) is 2.07. The van der Waals surface area contributed by atoms with Gasteiger partial charge in [0.25, 0.3) is 5.91 Å². The Labute approximate surface area is 163 Å². The molecule has 0 unspecified atom stereocenters. The zero-order valence-corrected chi connectivity index (χ0v) is 15.2. The average molecular weight is 414 g/mol. The first-order valence-electron chi connectivity index (χ1n) is 8.20. The molecule has 0 aliphatic rings. The molecule has 1 N–H and O–H groups in total. The minimum atomic E-state index is -4.84. The van der Waals surface area contributed by atoms with Crippen molar-refractivity contribution in [1.82, 2.24) is 10.2 Å². The quantitative estimate of drug-likeness (QED) is 0.665. The number of furan rings is 1. The van der Waals surface area contributed by atoms with Crippen LogP contribution >= 0.6 is 0 Å². The van der Waals surface area contributed by atoms with Gasteiger partial charge >= 0.3 is 12.3 Å². The van der Waals surface area contributed by atoms with Crippen LogP contribution in [-0.2, 0) is 20.9 Å². The number of hydrogen-bond acceptors (Lipinski definition) is 6. The fraction of sp³-hybridized carbons (Fsp3) is 0.278. The number of carbonyl (C=O) groups is 3. The van der Waals surface area contributed by atoms with Crippen LogP contribution in [0, 0.1) is 0 Å². The summed E-state index contributed by atoms with van der Waals surface area (Å²) in [5.74, 6) is -1.93. The van der Waals surface area contributed by atoms with Gasteiger partial charge in [-0.15, -0.1) is 13.2 Å². The molecule has 0 fully saturated rings. The predicted octanol–water partition coefficient (Wildman–Crippen LogP) is 2.11. The zero-order valence-electron chi connectivity index (χ0n) is 15.2. The van der Waals surface area contributed by atoms with Crippen LogP contribution in [-0.4, -0.2) is 49.2 Å². The fourth-order valence-corrected chi connectivity index (χ4v) is 2.07. The molecular weight excluding hydrogens is 397 g/mol. The molecular formula is C18H17F3N2O6. The summed E-state index contributed by atoms with van der Waals surface area (Å²) < 4.78 is 49.9. The molecule has 1 aromatic heterocycles. The van der Waals surface area contributed by atoms with Crippen molar-refractivity contribution in [2.24, 2.45) is 0 Å². The molecule has 29 heavy (non-hydrogen) atoms. The molecule has 0 atom stereocenters. The monoisotopic (exact) mass is 414 g/mol. The number of benzene rings is 1. The van der Waals surface area contributed by atoms with Crippen LogP contribution < -0.4 is 10.1 Å². The van der Waals surface area contributed by atoms with E-state index < -0.39 is 36.5 Å². The van der Waals surface area contributed by atoms with Gasteiger partial charge in [-0.2, -0.15) is 0 Å². The van der Waals surface area contributed by atoms with E-state index in [1.807, 2.05) is 0 Å². The molecule has 0 aliphatic carbocycles. The molecule has 2 amide bonds. The van der Waals surface area contributed by atoms with Crippen molar-refractivity contribution in [2.75, 3.05) is 20.2 Å². The van der Waals surface area contributed by atoms with Gasteiger partial charge in [-0.25, -0.2) is 4.79 Å². The largest absolute Gasteiger partial charge is 0.573 e. The number of nitrogens with one attached hydrogen (secondary N) is 1. The molecule has 2 aromatic rings. The van der Waals surface area contributed by atoms with Crippen molar-refractivity contribution in [2.45, 2.75) is 12.9 Å². The minimum Gasteiger partial charge on any atom is -0.467 e. The van der Waals surface area contributed by atoms with Gasteiger partial charge in [0.05, 0.1) is 24.9 Å². The SMILES string of the molecule is CN(CC(=O)NCc1ccco1)C(=O)COC(=O)c1ccc(OC(F)(F)F)cc1. The molecule has 1 heterocycles. The third-order valence-electron chi connectivity index (χ3n) is 3.50. The summed E-state index contributed by atoms with van der Waals surface area (Å²) in [6.45, 7) is -0.737. The van der Waals surface area contributed by atoms with Gasteiger partial charge in [-0.1, -0.05) is 0 Å². The normalized spacial score (nSPS) is 10.9. The van der Waals surface area contributed by atoms with E-state index in [4.69, 9.17) is 9.15 Å². The lowest BCUT2D eigenvalue weighted by molar-refractivity contribution is -0.274. The topological polar surface area (TPSA) is 98.1 Å². The maximum absolute atomic E-state index is 12.1. The summed E-state index contributed by atoms with van der Waals surface area (Å²) in [4.78, 5) is 36.7. The van der Waals surface area contributed by atoms with Crippen LogP contribution in [0.15, 0.2) is 47.1 Å². The summed E-state index contributed by atoms with van der Waals surface area (Å²) >= 11 is 0. The van der Waals surface area contributed by atoms with Crippen LogP contribution in [0.5, 0.6) is 5.75 Å². The van der Waals surface area contributed by atoms with Gasteiger partial charge in [-0.3, -0.25) is 9.59 Å². The van der Waals surface area contributed by atoms with E-state index in [1.54, 1.807) is 12.1 Å². The van der Waals surface area contributed by atoms with Crippen molar-refractivity contribution >= 4 is 17.8 Å². The second-order valence-electron chi connectivity index (χ2n) is 5.75. The van der Waals surface area contributed by atoms with E-state index in [0.29, 0.717) is 5.76 Å². The van der Waals surface area contributed by atoms with E-state index in [9.17, 15) is 27.6 Å². The molecule has 2 rings (SSSR count). The molecule has 1 aromatic carbocycles. The van der Waals surface area contributed by atoms with Crippen LogP contribution in [0.2, 0.25) is 0 Å². The molecule has 156 valence electrons. The minimum absolute atomic E-state index is 0.0637. The van der Waals surface area contributed by atoms with Crippen molar-refractivity contribution in [1.29, 1.82) is 0 Å². The lowest BCUT2D eigenvalue weighted by Crippen LogP contribution is -2.39. The first-order valence-corrected chi connectivity index (χ1v) is 8.20. The van der Waals surface area contributed by atoms with Gasteiger partial charge in [0.1, 0.15) is 11.5 Å². The van der Waals surface area contributed by atoms with E-state index in [1.165, 1.54) is 13.3 Å². The smallest absolute Gasteiger partial charge is 0.467 e. The van der Waals surface area contributed by atoms with E-state index in [0.717, 1.165) is 29.2 Å². The van der Waals surface area contributed by atoms with Gasteiger partial charge in [0, 0.05) is 7.05 Å². The second-order valence-corrected chi connectivity index (χ2v) is 5.75. The number of nitrogens with zero attached hydrogens (tertiary/aromatic N) is 1. The number of halogens is 3. The third kappa shape index (κ3) is 7.56. The highest BCUT2D eigenvalue weighted by molar-refractivity contribution is 5.92. The molecule has 0 spiro atoms. The lowest BCUT2D eigenvalue weighted by Gasteiger charge is -2.16. The Balaban J connectivity index is 1.75. The Kier molecular flexibility index (Phi) is 7.23. The number of alkyl halides is 3. The van der Waals surface area contributed by atoms with Crippen LogP contribution in [0.4, 0.5) is 13.2 Å². The molecule has 0 bridgehead atoms. The number of ether oxygens (including phenoxy) is 2. The standard InChI is InChI=1S/C18H17F3N2O6/c1-23(10-15(24)22-9-14-3-2-8-27-14)16(25)11-28-17(26)12-4-6-13(7-5-12)29-18(19,20)21/h2-8H,9-11H2,1H3,(H,22,24). The molecule has 8 nitrogen and oxygen atoms in total. The number of esters is 1. The number of carbonyl (C=O) groups excluding carboxylic acids is 3. The lowest BCUT2D eigenvalue weighted by atomic mass is 10.2. The highest BCUT2D eigenvalue weighted by Gasteiger charge is 2.31. The summed E-state index contributed by atoms with van der Waals surface area (Å²) in [7, 11) is 1.35. The summed E-state index contributed by atoms with van der Waals surface area (Å²) in [5, 5.41) is 2.56. The molecule has 0 saturated heterocycles. The maximum atomic E-state index is 12.1. The highest BCUT2D eigenvalue weighted by Crippen LogP contribution is 2.22. The van der Waals surface area contributed by atoms with Gasteiger partial charge in [0.2, 0.25) is 5.91 Å². The molecule has 0 radical (unpaired) electrons. The van der Waals surface area contributed by atoms with Gasteiger partial charge in [-0.05, 0) is 36.4 Å². The Morgan fingerprint density at radius 1 is 1.14 bits per heavy atom. The van der Waals surface area contributed by atoms with E-state index in [2.05, 4.69) is 10.1 Å². The van der Waals surface area contributed by atoms with Crippen molar-refractivity contribution in [3.8, 4) is 5.75 Å². The Hall–Kier alpha value is -3.50. The van der Waals surface area contributed by atoms with Crippen molar-refractivity contribution in [3.63, 3.8) is 0 Å².